The van der Waals surface area contributed by atoms with Crippen molar-refractivity contribution in [1.29, 1.82) is 0 Å². The summed E-state index contributed by atoms with van der Waals surface area (Å²) in [5.74, 6) is 0.609. The molecule has 0 radical (unpaired) electrons. The van der Waals surface area contributed by atoms with Crippen LogP contribution in [-0.4, -0.2) is 11.2 Å². The van der Waals surface area contributed by atoms with Crippen molar-refractivity contribution in [2.75, 3.05) is 6.61 Å². The molecule has 0 saturated heterocycles. The summed E-state index contributed by atoms with van der Waals surface area (Å²) in [6, 6.07) is 4.32. The third-order valence-corrected chi connectivity index (χ3v) is 3.64. The van der Waals surface area contributed by atoms with Gasteiger partial charge in [-0.2, -0.15) is 0 Å². The summed E-state index contributed by atoms with van der Waals surface area (Å²) >= 11 is 4.84. The molecule has 0 aliphatic carbocycles. The number of thiophene rings is 1. The van der Waals surface area contributed by atoms with E-state index in [1.54, 1.807) is 0 Å². The molecule has 8 heteroatoms. The molecule has 24 heavy (non-hydrogen) atoms. The molecule has 1 aromatic heterocycles. The average molecular weight is 388 g/mol. The van der Waals surface area contributed by atoms with Crippen LogP contribution in [0.3, 0.4) is 0 Å². The molecular weight excluding hydrogens is 372 g/mol. The molecule has 0 aliphatic heterocycles. The summed E-state index contributed by atoms with van der Waals surface area (Å²) in [4.78, 5) is 1.46. The van der Waals surface area contributed by atoms with E-state index >= 15 is 0 Å². The normalized spacial score (nSPS) is 7.83. The third-order valence-electron chi connectivity index (χ3n) is 2.16. The molecule has 0 bridgehead atoms. The van der Waals surface area contributed by atoms with E-state index in [4.69, 9.17) is 28.0 Å². The van der Waals surface area contributed by atoms with Crippen molar-refractivity contribution >= 4 is 15.9 Å². The van der Waals surface area contributed by atoms with Crippen LogP contribution in [-0.2, 0) is 43.8 Å². The SMILES string of the molecule is CCO[C](=[Cr])CC(CC)c1cccs1.[C-]#[O+].[C-]#[O+].[C-]#[O+].[C-]#[O+].[C-]#[O+]. The number of hydrogen-bond donors (Lipinski definition) is 0. The topological polar surface area (TPSA) is 109 Å². The first kappa shape index (κ1) is 34.2. The molecule has 1 heterocycles. The van der Waals surface area contributed by atoms with E-state index in [0.29, 0.717) is 5.92 Å². The third kappa shape index (κ3) is 23.0. The van der Waals surface area contributed by atoms with Gasteiger partial charge >= 0.3 is 155 Å². The van der Waals surface area contributed by atoms with Gasteiger partial charge in [0, 0.05) is 0 Å². The van der Waals surface area contributed by atoms with Crippen molar-refractivity contribution in [1.82, 2.24) is 0 Å². The standard InChI is InChI=1S/C11H16OS.5CO.Cr/c1-3-10(7-8-12-4-2)11-6-5-9-13-11;5*1-2;/h5-6,9-10H,3-4,7H2,1-2H3;;;;;;. The Morgan fingerprint density at radius 2 is 1.50 bits per heavy atom. The zero-order chi connectivity index (χ0) is 20.4. The van der Waals surface area contributed by atoms with Crippen LogP contribution in [0.15, 0.2) is 17.5 Å². The minimum atomic E-state index is 0.609. The maximum atomic E-state index is 7.50. The fraction of sp³-hybridized carbons (Fsp3) is 0.375. The summed E-state index contributed by atoms with van der Waals surface area (Å²) in [5.41, 5.74) is 0. The van der Waals surface area contributed by atoms with Crippen LogP contribution in [0.25, 0.3) is 0 Å². The average Bonchev–Trinajstić information content (AvgIpc) is 3.23. The number of hydrogen-bond acceptors (Lipinski definition) is 2. The maximum absolute atomic E-state index is 7.50. The van der Waals surface area contributed by atoms with Crippen molar-refractivity contribution < 1.29 is 43.8 Å². The van der Waals surface area contributed by atoms with Gasteiger partial charge in [0.2, 0.25) is 0 Å². The second-order valence-corrected chi connectivity index (χ2v) is 4.82. The van der Waals surface area contributed by atoms with Gasteiger partial charge in [0.1, 0.15) is 0 Å². The summed E-state index contributed by atoms with van der Waals surface area (Å²) in [5, 5.41) is 2.14. The molecule has 128 valence electrons. The van der Waals surface area contributed by atoms with E-state index in [9.17, 15) is 0 Å². The molecule has 0 fully saturated rings. The Hall–Kier alpha value is -1.24. The molecule has 1 unspecified atom stereocenters. The predicted molar refractivity (Wildman–Crippen MR) is 78.2 cm³/mol. The van der Waals surface area contributed by atoms with E-state index in [0.717, 1.165) is 17.6 Å². The van der Waals surface area contributed by atoms with Crippen LogP contribution in [0.2, 0.25) is 0 Å². The molecule has 0 N–H and O–H groups in total. The Bertz CT molecular complexity index is 424. The Morgan fingerprint density at radius 3 is 1.79 bits per heavy atom. The molecule has 6 nitrogen and oxygen atoms in total. The fourth-order valence-electron chi connectivity index (χ4n) is 1.39. The van der Waals surface area contributed by atoms with E-state index in [2.05, 4.69) is 73.5 Å². The van der Waals surface area contributed by atoms with Crippen LogP contribution in [0.5, 0.6) is 0 Å². The van der Waals surface area contributed by atoms with Gasteiger partial charge in [-0.3, -0.25) is 0 Å². The second-order valence-electron chi connectivity index (χ2n) is 3.13. The predicted octanol–water partition coefficient (Wildman–Crippen LogP) is 3.16. The fourth-order valence-corrected chi connectivity index (χ4v) is 2.80. The van der Waals surface area contributed by atoms with Crippen molar-refractivity contribution in [2.45, 2.75) is 32.6 Å². The molecule has 0 aromatic carbocycles. The molecule has 0 spiro atoms. The van der Waals surface area contributed by atoms with Gasteiger partial charge in [-0.15, -0.1) is 0 Å². The molecule has 1 rings (SSSR count). The first-order valence-corrected chi connectivity index (χ1v) is 7.50. The zero-order valence-electron chi connectivity index (χ0n) is 13.2. The van der Waals surface area contributed by atoms with Crippen LogP contribution in [0, 0.1) is 33.3 Å². The molecule has 0 saturated carbocycles. The molecule has 0 amide bonds. The first-order chi connectivity index (χ1) is 11.8. The Labute approximate surface area is 154 Å². The summed E-state index contributed by atoms with van der Waals surface area (Å²) in [6.07, 6.45) is 2.17. The molecule has 0 aliphatic rings. The van der Waals surface area contributed by atoms with Gasteiger partial charge in [-0.25, -0.2) is 0 Å². The Kier molecular flexibility index (Phi) is 53.8. The van der Waals surface area contributed by atoms with Crippen molar-refractivity contribution in [3.63, 3.8) is 0 Å². The van der Waals surface area contributed by atoms with Crippen LogP contribution < -0.4 is 0 Å². The van der Waals surface area contributed by atoms with Crippen molar-refractivity contribution in [3.05, 3.63) is 55.6 Å². The van der Waals surface area contributed by atoms with Crippen LogP contribution in [0.4, 0.5) is 0 Å². The van der Waals surface area contributed by atoms with E-state index in [1.807, 2.05) is 18.3 Å². The number of ether oxygens (including phenoxy) is 1. The second kappa shape index (κ2) is 37.8. The van der Waals surface area contributed by atoms with Crippen molar-refractivity contribution in [3.8, 4) is 0 Å². The summed E-state index contributed by atoms with van der Waals surface area (Å²) in [7, 11) is 0. The van der Waals surface area contributed by atoms with E-state index in [1.165, 1.54) is 11.3 Å². The van der Waals surface area contributed by atoms with Crippen LogP contribution in [0.1, 0.15) is 37.5 Å². The molecular formula is C16H16CrO6S. The van der Waals surface area contributed by atoms with Gasteiger partial charge in [0.25, 0.3) is 0 Å². The van der Waals surface area contributed by atoms with E-state index < -0.39 is 0 Å². The number of rotatable bonds is 6. The zero-order valence-corrected chi connectivity index (χ0v) is 15.3. The molecule has 1 atom stereocenters. The Balaban J connectivity index is -0.000000103. The van der Waals surface area contributed by atoms with Crippen molar-refractivity contribution in [2.24, 2.45) is 0 Å². The summed E-state index contributed by atoms with van der Waals surface area (Å²) in [6.45, 7) is 27.5. The van der Waals surface area contributed by atoms with Gasteiger partial charge in [0.05, 0.1) is 0 Å². The van der Waals surface area contributed by atoms with E-state index in [-0.39, 0.29) is 0 Å². The van der Waals surface area contributed by atoms with Crippen LogP contribution >= 0.6 is 11.3 Å². The first-order valence-electron chi connectivity index (χ1n) is 5.99. The van der Waals surface area contributed by atoms with Gasteiger partial charge in [-0.1, -0.05) is 0 Å². The monoisotopic (exact) mass is 388 g/mol. The van der Waals surface area contributed by atoms with Gasteiger partial charge in [0.15, 0.2) is 0 Å². The Morgan fingerprint density at radius 1 is 1.04 bits per heavy atom. The quantitative estimate of drug-likeness (QED) is 0.541. The minimum absolute atomic E-state index is 0.609. The summed E-state index contributed by atoms with van der Waals surface area (Å²) < 4.78 is 44.0. The van der Waals surface area contributed by atoms with Gasteiger partial charge in [-0.05, 0) is 0 Å². The molecule has 1 aromatic rings. The van der Waals surface area contributed by atoms with Gasteiger partial charge < -0.3 is 0 Å².